The average Bonchev–Trinajstić information content (AvgIpc) is 2.05. The summed E-state index contributed by atoms with van der Waals surface area (Å²) >= 11 is 0. The first-order valence-corrected chi connectivity index (χ1v) is 5.07. The number of hydrogen-bond acceptors (Lipinski definition) is 1. The average molecular weight is 153 g/mol. The fourth-order valence-corrected chi connectivity index (χ4v) is 2.82. The Hall–Kier alpha value is -0.0400. The van der Waals surface area contributed by atoms with Gasteiger partial charge in [0.15, 0.2) is 0 Å². The standard InChI is InChI=1S/C10H19N/c1-3-8(2)10-9-5-4-6-11(10)7-9/h8-10H,3-7H2,1-2H3. The molecule has 11 heavy (non-hydrogen) atoms. The topological polar surface area (TPSA) is 3.24 Å². The number of hydrogen-bond donors (Lipinski definition) is 0. The van der Waals surface area contributed by atoms with Gasteiger partial charge in [0, 0.05) is 12.6 Å². The number of fused-ring (bicyclic) bond motifs is 2. The zero-order chi connectivity index (χ0) is 7.84. The molecule has 0 N–H and O–H groups in total. The monoisotopic (exact) mass is 153 g/mol. The highest BCUT2D eigenvalue weighted by atomic mass is 15.2. The van der Waals surface area contributed by atoms with Crippen LogP contribution in [0.1, 0.15) is 33.1 Å². The first kappa shape index (κ1) is 7.60. The zero-order valence-electron chi connectivity index (χ0n) is 7.71. The maximum absolute atomic E-state index is 2.68. The smallest absolute Gasteiger partial charge is 0.0161 e. The van der Waals surface area contributed by atoms with Crippen molar-refractivity contribution in [3.05, 3.63) is 0 Å². The molecule has 4 unspecified atom stereocenters. The summed E-state index contributed by atoms with van der Waals surface area (Å²) in [4.78, 5) is 2.68. The quantitative estimate of drug-likeness (QED) is 0.587. The molecule has 3 heterocycles. The van der Waals surface area contributed by atoms with E-state index in [9.17, 15) is 0 Å². The van der Waals surface area contributed by atoms with E-state index in [0.717, 1.165) is 17.9 Å². The van der Waals surface area contributed by atoms with Crippen molar-refractivity contribution in [3.63, 3.8) is 0 Å². The molecular formula is C10H19N. The summed E-state index contributed by atoms with van der Waals surface area (Å²) in [6, 6.07) is 0.966. The maximum atomic E-state index is 2.68. The molecule has 1 nitrogen and oxygen atoms in total. The lowest BCUT2D eigenvalue weighted by atomic mass is 9.74. The minimum atomic E-state index is 0.939. The van der Waals surface area contributed by atoms with Gasteiger partial charge in [-0.3, -0.25) is 4.90 Å². The van der Waals surface area contributed by atoms with Gasteiger partial charge in [-0.1, -0.05) is 20.3 Å². The Labute approximate surface area is 69.8 Å². The second-order valence-corrected chi connectivity index (χ2v) is 4.27. The van der Waals surface area contributed by atoms with Crippen LogP contribution in [0.15, 0.2) is 0 Å². The Kier molecular flexibility index (Phi) is 1.92. The van der Waals surface area contributed by atoms with Crippen molar-refractivity contribution in [1.82, 2.24) is 4.90 Å². The highest BCUT2D eigenvalue weighted by Gasteiger charge is 2.43. The van der Waals surface area contributed by atoms with Gasteiger partial charge < -0.3 is 0 Å². The third-order valence-electron chi connectivity index (χ3n) is 3.62. The predicted molar refractivity (Wildman–Crippen MR) is 47.5 cm³/mol. The molecule has 1 heteroatoms. The summed E-state index contributed by atoms with van der Waals surface area (Å²) in [5.41, 5.74) is 0. The van der Waals surface area contributed by atoms with Crippen molar-refractivity contribution in [2.75, 3.05) is 13.1 Å². The van der Waals surface area contributed by atoms with Crippen molar-refractivity contribution in [2.24, 2.45) is 11.8 Å². The first-order chi connectivity index (χ1) is 5.33. The van der Waals surface area contributed by atoms with Crippen molar-refractivity contribution in [3.8, 4) is 0 Å². The highest BCUT2D eigenvalue weighted by molar-refractivity contribution is 4.97. The molecule has 0 radical (unpaired) electrons. The van der Waals surface area contributed by atoms with Crippen LogP contribution in [-0.2, 0) is 0 Å². The van der Waals surface area contributed by atoms with Crippen LogP contribution in [0.4, 0.5) is 0 Å². The molecule has 3 fully saturated rings. The summed E-state index contributed by atoms with van der Waals surface area (Å²) in [7, 11) is 0. The third kappa shape index (κ3) is 1.10. The van der Waals surface area contributed by atoms with E-state index in [1.807, 2.05) is 0 Å². The Morgan fingerprint density at radius 1 is 1.55 bits per heavy atom. The van der Waals surface area contributed by atoms with E-state index < -0.39 is 0 Å². The molecule has 4 atom stereocenters. The molecule has 0 saturated carbocycles. The van der Waals surface area contributed by atoms with E-state index in [-0.39, 0.29) is 0 Å². The lowest BCUT2D eigenvalue weighted by molar-refractivity contribution is -0.0577. The van der Waals surface area contributed by atoms with Crippen molar-refractivity contribution in [1.29, 1.82) is 0 Å². The molecule has 64 valence electrons. The van der Waals surface area contributed by atoms with Crippen LogP contribution in [0.25, 0.3) is 0 Å². The van der Waals surface area contributed by atoms with Crippen LogP contribution in [0.5, 0.6) is 0 Å². The van der Waals surface area contributed by atoms with Gasteiger partial charge in [0.1, 0.15) is 0 Å². The van der Waals surface area contributed by atoms with Crippen LogP contribution < -0.4 is 0 Å². The molecule has 0 aromatic rings. The molecule has 2 bridgehead atoms. The normalized spacial score (nSPS) is 44.7. The van der Waals surface area contributed by atoms with Crippen LogP contribution in [0, 0.1) is 11.8 Å². The predicted octanol–water partition coefficient (Wildman–Crippen LogP) is 2.13. The van der Waals surface area contributed by atoms with Gasteiger partial charge in [0.25, 0.3) is 0 Å². The first-order valence-electron chi connectivity index (χ1n) is 5.07. The highest BCUT2D eigenvalue weighted by Crippen LogP contribution is 2.39. The Bertz CT molecular complexity index is 127. The molecule has 3 rings (SSSR count). The molecule has 3 aliphatic heterocycles. The number of nitrogens with zero attached hydrogens (tertiary/aromatic N) is 1. The minimum Gasteiger partial charge on any atom is -0.299 e. The van der Waals surface area contributed by atoms with Crippen molar-refractivity contribution < 1.29 is 0 Å². The molecule has 0 amide bonds. The molecular weight excluding hydrogens is 134 g/mol. The van der Waals surface area contributed by atoms with Crippen LogP contribution in [0.2, 0.25) is 0 Å². The van der Waals surface area contributed by atoms with E-state index in [1.54, 1.807) is 0 Å². The molecule has 3 aliphatic rings. The van der Waals surface area contributed by atoms with Gasteiger partial charge in [-0.15, -0.1) is 0 Å². The van der Waals surface area contributed by atoms with Crippen molar-refractivity contribution >= 4 is 0 Å². The molecule has 0 aliphatic carbocycles. The van der Waals surface area contributed by atoms with E-state index in [0.29, 0.717) is 0 Å². The lowest BCUT2D eigenvalue weighted by Gasteiger charge is -2.55. The Balaban J connectivity index is 1.95. The molecule has 3 saturated heterocycles. The van der Waals surface area contributed by atoms with E-state index in [1.165, 1.54) is 32.4 Å². The molecule has 0 aromatic carbocycles. The van der Waals surface area contributed by atoms with Gasteiger partial charge in [-0.05, 0) is 31.2 Å². The summed E-state index contributed by atoms with van der Waals surface area (Å²) in [5.74, 6) is 2.01. The zero-order valence-corrected chi connectivity index (χ0v) is 7.71. The van der Waals surface area contributed by atoms with E-state index in [2.05, 4.69) is 18.7 Å². The van der Waals surface area contributed by atoms with Crippen LogP contribution >= 0.6 is 0 Å². The fraction of sp³-hybridized carbons (Fsp3) is 1.00. The van der Waals surface area contributed by atoms with E-state index in [4.69, 9.17) is 0 Å². The number of rotatable bonds is 2. The van der Waals surface area contributed by atoms with Gasteiger partial charge in [0.05, 0.1) is 0 Å². The second kappa shape index (κ2) is 2.78. The molecule has 0 aromatic heterocycles. The van der Waals surface area contributed by atoms with Gasteiger partial charge in [-0.25, -0.2) is 0 Å². The van der Waals surface area contributed by atoms with Gasteiger partial charge in [0.2, 0.25) is 0 Å². The minimum absolute atomic E-state index is 0.939. The second-order valence-electron chi connectivity index (χ2n) is 4.27. The SMILES string of the molecule is CCC(C)C1C2CCCN1C2. The van der Waals surface area contributed by atoms with Crippen molar-refractivity contribution in [2.45, 2.75) is 39.2 Å². The summed E-state index contributed by atoms with van der Waals surface area (Å²) in [6.45, 7) is 7.52. The largest absolute Gasteiger partial charge is 0.299 e. The maximum Gasteiger partial charge on any atom is 0.0161 e. The van der Waals surface area contributed by atoms with Crippen LogP contribution in [0.3, 0.4) is 0 Å². The fourth-order valence-electron chi connectivity index (χ4n) is 2.82. The van der Waals surface area contributed by atoms with Gasteiger partial charge in [-0.2, -0.15) is 0 Å². The number of piperidine rings is 2. The molecule has 0 spiro atoms. The third-order valence-corrected chi connectivity index (χ3v) is 3.62. The Morgan fingerprint density at radius 3 is 2.82 bits per heavy atom. The van der Waals surface area contributed by atoms with Crippen LogP contribution in [-0.4, -0.2) is 24.0 Å². The summed E-state index contributed by atoms with van der Waals surface area (Å²) in [5, 5.41) is 0. The lowest BCUT2D eigenvalue weighted by Crippen LogP contribution is -2.62. The Morgan fingerprint density at radius 2 is 2.36 bits per heavy atom. The summed E-state index contributed by atoms with van der Waals surface area (Å²) in [6.07, 6.45) is 4.32. The van der Waals surface area contributed by atoms with E-state index >= 15 is 0 Å². The van der Waals surface area contributed by atoms with Gasteiger partial charge >= 0.3 is 0 Å². The summed E-state index contributed by atoms with van der Waals surface area (Å²) < 4.78 is 0.